The van der Waals surface area contributed by atoms with Crippen LogP contribution in [0.1, 0.15) is 22.3 Å². The topological polar surface area (TPSA) is 43.8 Å². The van der Waals surface area contributed by atoms with Gasteiger partial charge in [0.05, 0.1) is 16.7 Å². The van der Waals surface area contributed by atoms with Gasteiger partial charge < -0.3 is 5.73 Å². The molecule has 3 nitrogen and oxygen atoms in total. The first-order valence-corrected chi connectivity index (χ1v) is 6.84. The van der Waals surface area contributed by atoms with Gasteiger partial charge in [0.15, 0.2) is 0 Å². The minimum absolute atomic E-state index is 0.529. The monoisotopic (exact) mass is 265 g/mol. The Balaban J connectivity index is 2.27. The van der Waals surface area contributed by atoms with Crippen LogP contribution in [0.5, 0.6) is 0 Å². The largest absolute Gasteiger partial charge is 0.326 e. The van der Waals surface area contributed by atoms with Crippen LogP contribution in [-0.4, -0.2) is 9.55 Å². The van der Waals surface area contributed by atoms with E-state index in [1.165, 1.54) is 16.7 Å². The van der Waals surface area contributed by atoms with E-state index in [1.807, 2.05) is 6.33 Å². The Hall–Kier alpha value is -2.13. The normalized spacial score (nSPS) is 11.2. The van der Waals surface area contributed by atoms with Crippen molar-refractivity contribution < 1.29 is 0 Å². The fraction of sp³-hybridized carbons (Fsp3) is 0.235. The molecular weight excluding hydrogens is 246 g/mol. The van der Waals surface area contributed by atoms with Crippen LogP contribution < -0.4 is 5.73 Å². The van der Waals surface area contributed by atoms with E-state index >= 15 is 0 Å². The van der Waals surface area contributed by atoms with Gasteiger partial charge in [0, 0.05) is 6.54 Å². The van der Waals surface area contributed by atoms with E-state index in [0.717, 1.165) is 22.3 Å². The van der Waals surface area contributed by atoms with E-state index in [1.54, 1.807) is 0 Å². The number of imidazole rings is 1. The molecule has 0 radical (unpaired) electrons. The Morgan fingerprint density at radius 3 is 2.55 bits per heavy atom. The zero-order chi connectivity index (χ0) is 14.3. The van der Waals surface area contributed by atoms with E-state index in [4.69, 9.17) is 5.73 Å². The molecule has 2 N–H and O–H groups in total. The summed E-state index contributed by atoms with van der Waals surface area (Å²) < 4.78 is 2.13. The van der Waals surface area contributed by atoms with E-state index in [-0.39, 0.29) is 0 Å². The van der Waals surface area contributed by atoms with Crippen LogP contribution in [-0.2, 0) is 6.54 Å². The third-order valence-electron chi connectivity index (χ3n) is 3.88. The number of hydrogen-bond acceptors (Lipinski definition) is 2. The number of aromatic nitrogens is 2. The second kappa shape index (κ2) is 4.76. The lowest BCUT2D eigenvalue weighted by Crippen LogP contribution is -2.04. The quantitative estimate of drug-likeness (QED) is 0.771. The van der Waals surface area contributed by atoms with Gasteiger partial charge in [-0.1, -0.05) is 17.7 Å². The molecule has 0 bridgehead atoms. The third kappa shape index (κ3) is 2.00. The summed E-state index contributed by atoms with van der Waals surface area (Å²) in [5, 5.41) is 0. The van der Waals surface area contributed by atoms with Crippen molar-refractivity contribution in [3.63, 3.8) is 0 Å². The van der Waals surface area contributed by atoms with Crippen molar-refractivity contribution in [2.75, 3.05) is 0 Å². The highest BCUT2D eigenvalue weighted by molar-refractivity contribution is 5.79. The molecule has 102 valence electrons. The third-order valence-corrected chi connectivity index (χ3v) is 3.88. The van der Waals surface area contributed by atoms with Gasteiger partial charge in [-0.05, 0) is 55.7 Å². The Labute approximate surface area is 119 Å². The van der Waals surface area contributed by atoms with Crippen LogP contribution in [0.15, 0.2) is 36.7 Å². The number of aryl methyl sites for hydroxylation is 3. The highest BCUT2D eigenvalue weighted by Crippen LogP contribution is 2.24. The van der Waals surface area contributed by atoms with E-state index < -0.39 is 0 Å². The highest BCUT2D eigenvalue weighted by atomic mass is 15.1. The number of nitrogens with two attached hydrogens (primary N) is 1. The van der Waals surface area contributed by atoms with Crippen molar-refractivity contribution in [1.29, 1.82) is 0 Å². The summed E-state index contributed by atoms with van der Waals surface area (Å²) in [5.41, 5.74) is 14.1. The molecule has 0 unspecified atom stereocenters. The van der Waals surface area contributed by atoms with E-state index in [0.29, 0.717) is 6.54 Å². The van der Waals surface area contributed by atoms with Crippen LogP contribution in [0.25, 0.3) is 16.7 Å². The van der Waals surface area contributed by atoms with Crippen molar-refractivity contribution in [2.45, 2.75) is 27.3 Å². The Morgan fingerprint density at radius 2 is 1.80 bits per heavy atom. The fourth-order valence-corrected chi connectivity index (χ4v) is 2.57. The SMILES string of the molecule is Cc1ccc(-n2cnc3cc(C)c(C)cc32)c(CN)c1. The minimum Gasteiger partial charge on any atom is -0.326 e. The maximum atomic E-state index is 5.89. The molecule has 0 amide bonds. The highest BCUT2D eigenvalue weighted by Gasteiger charge is 2.09. The van der Waals surface area contributed by atoms with Gasteiger partial charge in [0.1, 0.15) is 6.33 Å². The maximum absolute atomic E-state index is 5.89. The standard InChI is InChI=1S/C17H19N3/c1-11-4-5-16(14(6-11)9-18)20-10-19-15-7-12(2)13(3)8-17(15)20/h4-8,10H,9,18H2,1-3H3. The van der Waals surface area contributed by atoms with Crippen LogP contribution in [0.2, 0.25) is 0 Å². The Bertz CT molecular complexity index is 784. The van der Waals surface area contributed by atoms with Gasteiger partial charge >= 0.3 is 0 Å². The van der Waals surface area contributed by atoms with E-state index in [2.05, 4.69) is 60.7 Å². The molecule has 0 saturated carbocycles. The van der Waals surface area contributed by atoms with Crippen molar-refractivity contribution in [3.05, 3.63) is 58.9 Å². The second-order valence-corrected chi connectivity index (χ2v) is 5.38. The summed E-state index contributed by atoms with van der Waals surface area (Å²) in [4.78, 5) is 4.52. The average molecular weight is 265 g/mol. The summed E-state index contributed by atoms with van der Waals surface area (Å²) >= 11 is 0. The number of rotatable bonds is 2. The summed E-state index contributed by atoms with van der Waals surface area (Å²) in [6.07, 6.45) is 1.88. The molecule has 0 aliphatic heterocycles. The molecule has 0 aliphatic rings. The number of fused-ring (bicyclic) bond motifs is 1. The molecule has 3 heteroatoms. The lowest BCUT2D eigenvalue weighted by atomic mass is 10.1. The van der Waals surface area contributed by atoms with Crippen molar-refractivity contribution in [2.24, 2.45) is 5.73 Å². The Morgan fingerprint density at radius 1 is 1.05 bits per heavy atom. The molecule has 1 heterocycles. The van der Waals surface area contributed by atoms with Gasteiger partial charge in [0.2, 0.25) is 0 Å². The predicted molar refractivity (Wildman–Crippen MR) is 83.2 cm³/mol. The van der Waals surface area contributed by atoms with Gasteiger partial charge in [-0.15, -0.1) is 0 Å². The van der Waals surface area contributed by atoms with Crippen LogP contribution in [0.3, 0.4) is 0 Å². The average Bonchev–Trinajstić information content (AvgIpc) is 2.82. The summed E-state index contributed by atoms with van der Waals surface area (Å²) in [7, 11) is 0. The predicted octanol–water partition coefficient (Wildman–Crippen LogP) is 3.41. The zero-order valence-electron chi connectivity index (χ0n) is 12.1. The van der Waals surface area contributed by atoms with Gasteiger partial charge in [-0.25, -0.2) is 4.98 Å². The van der Waals surface area contributed by atoms with Crippen LogP contribution in [0.4, 0.5) is 0 Å². The molecule has 1 aromatic heterocycles. The first-order chi connectivity index (χ1) is 9.60. The minimum atomic E-state index is 0.529. The molecule has 3 rings (SSSR count). The molecule has 3 aromatic rings. The molecule has 20 heavy (non-hydrogen) atoms. The number of nitrogens with zero attached hydrogens (tertiary/aromatic N) is 2. The first kappa shape index (κ1) is 12.9. The number of hydrogen-bond donors (Lipinski definition) is 1. The summed E-state index contributed by atoms with van der Waals surface area (Å²) in [6.45, 7) is 6.86. The fourth-order valence-electron chi connectivity index (χ4n) is 2.57. The van der Waals surface area contributed by atoms with Crippen molar-refractivity contribution in [3.8, 4) is 5.69 Å². The summed E-state index contributed by atoms with van der Waals surface area (Å²) in [6, 6.07) is 10.7. The van der Waals surface area contributed by atoms with Crippen molar-refractivity contribution >= 4 is 11.0 Å². The van der Waals surface area contributed by atoms with Gasteiger partial charge in [-0.2, -0.15) is 0 Å². The van der Waals surface area contributed by atoms with Crippen LogP contribution in [0, 0.1) is 20.8 Å². The second-order valence-electron chi connectivity index (χ2n) is 5.38. The molecule has 2 aromatic carbocycles. The molecule has 0 saturated heterocycles. The van der Waals surface area contributed by atoms with Gasteiger partial charge in [-0.3, -0.25) is 4.57 Å². The molecule has 0 aliphatic carbocycles. The van der Waals surface area contributed by atoms with Crippen molar-refractivity contribution in [1.82, 2.24) is 9.55 Å². The maximum Gasteiger partial charge on any atom is 0.100 e. The lowest BCUT2D eigenvalue weighted by Gasteiger charge is -2.11. The molecule has 0 atom stereocenters. The molecular formula is C17H19N3. The van der Waals surface area contributed by atoms with E-state index in [9.17, 15) is 0 Å². The molecule has 0 spiro atoms. The summed E-state index contributed by atoms with van der Waals surface area (Å²) in [5.74, 6) is 0. The smallest absolute Gasteiger partial charge is 0.100 e. The first-order valence-electron chi connectivity index (χ1n) is 6.84. The molecule has 0 fully saturated rings. The van der Waals surface area contributed by atoms with Crippen LogP contribution >= 0.6 is 0 Å². The Kier molecular flexibility index (Phi) is 3.07. The van der Waals surface area contributed by atoms with Gasteiger partial charge in [0.25, 0.3) is 0 Å². The number of benzene rings is 2. The lowest BCUT2D eigenvalue weighted by molar-refractivity contribution is 0.996. The zero-order valence-corrected chi connectivity index (χ0v) is 12.1.